The van der Waals surface area contributed by atoms with Gasteiger partial charge in [0.1, 0.15) is 0 Å². The average molecular weight is 335 g/mol. The molecule has 2 aromatic rings. The van der Waals surface area contributed by atoms with E-state index in [1.807, 2.05) is 25.1 Å². The first-order valence-corrected chi connectivity index (χ1v) is 9.29. The van der Waals surface area contributed by atoms with Gasteiger partial charge in [-0.2, -0.15) is 0 Å². The Morgan fingerprint density at radius 1 is 1.12 bits per heavy atom. The van der Waals surface area contributed by atoms with E-state index in [0.717, 1.165) is 36.8 Å². The highest BCUT2D eigenvalue weighted by Gasteiger charge is 2.26. The van der Waals surface area contributed by atoms with Gasteiger partial charge in [0.25, 0.3) is 5.91 Å². The molecule has 25 heavy (non-hydrogen) atoms. The molecule has 1 saturated carbocycles. The number of rotatable bonds is 3. The summed E-state index contributed by atoms with van der Waals surface area (Å²) in [4.78, 5) is 19.2. The number of anilines is 1. The minimum atomic E-state index is -0.0998. The Morgan fingerprint density at radius 2 is 1.92 bits per heavy atom. The molecule has 1 aromatic carbocycles. The summed E-state index contributed by atoms with van der Waals surface area (Å²) >= 11 is 0. The van der Waals surface area contributed by atoms with Crippen molar-refractivity contribution in [2.75, 3.05) is 18.4 Å². The van der Waals surface area contributed by atoms with Crippen LogP contribution in [-0.4, -0.2) is 34.9 Å². The number of aryl methyl sites for hydroxylation is 1. The summed E-state index contributed by atoms with van der Waals surface area (Å²) in [6, 6.07) is 10.8. The predicted molar refractivity (Wildman–Crippen MR) is 100.0 cm³/mol. The fraction of sp³-hybridized carbons (Fsp3) is 0.429. The van der Waals surface area contributed by atoms with Crippen molar-refractivity contribution >= 4 is 11.6 Å². The Bertz CT molecular complexity index is 765. The van der Waals surface area contributed by atoms with E-state index in [0.29, 0.717) is 5.56 Å². The minimum Gasteiger partial charge on any atom is -0.322 e. The largest absolute Gasteiger partial charge is 0.322 e. The van der Waals surface area contributed by atoms with E-state index in [2.05, 4.69) is 27.3 Å². The Labute approximate surface area is 149 Å². The van der Waals surface area contributed by atoms with Gasteiger partial charge in [0.15, 0.2) is 0 Å². The lowest BCUT2D eigenvalue weighted by Gasteiger charge is -2.36. The normalized spacial score (nSPS) is 18.1. The number of hydrogen-bond donors (Lipinski definition) is 1. The zero-order chi connectivity index (χ0) is 17.2. The number of fused-ring (bicyclic) bond motifs is 1. The standard InChI is InChI=1S/C21H25N3O/c1-15-5-6-18(14-22-15)21(25)23-19-8-7-16-9-11-24(20-3-2-4-20)12-10-17(16)13-19/h5-8,13-14,20H,2-4,9-12H2,1H3,(H,23,25). The van der Waals surface area contributed by atoms with Crippen LogP contribution >= 0.6 is 0 Å². The Morgan fingerprint density at radius 3 is 2.60 bits per heavy atom. The summed E-state index contributed by atoms with van der Waals surface area (Å²) in [6.45, 7) is 4.22. The number of pyridine rings is 1. The van der Waals surface area contributed by atoms with Gasteiger partial charge in [-0.25, -0.2) is 0 Å². The monoisotopic (exact) mass is 335 g/mol. The van der Waals surface area contributed by atoms with Crippen LogP contribution in [-0.2, 0) is 12.8 Å². The summed E-state index contributed by atoms with van der Waals surface area (Å²) in [6.07, 6.45) is 7.93. The van der Waals surface area contributed by atoms with Crippen molar-refractivity contribution < 1.29 is 4.79 Å². The highest BCUT2D eigenvalue weighted by molar-refractivity contribution is 6.04. The van der Waals surface area contributed by atoms with Crippen LogP contribution in [0.25, 0.3) is 0 Å². The zero-order valence-corrected chi connectivity index (χ0v) is 14.8. The van der Waals surface area contributed by atoms with E-state index in [1.165, 1.54) is 36.9 Å². The number of benzene rings is 1. The number of nitrogens with zero attached hydrogens (tertiary/aromatic N) is 2. The third-order valence-electron chi connectivity index (χ3n) is 5.57. The van der Waals surface area contributed by atoms with Crippen molar-refractivity contribution in [3.05, 3.63) is 58.9 Å². The Balaban J connectivity index is 1.45. The molecule has 0 unspecified atom stereocenters. The molecule has 1 fully saturated rings. The lowest BCUT2D eigenvalue weighted by Crippen LogP contribution is -2.41. The van der Waals surface area contributed by atoms with Crippen LogP contribution in [0.5, 0.6) is 0 Å². The lowest BCUT2D eigenvalue weighted by atomic mass is 9.91. The molecule has 1 N–H and O–H groups in total. The van der Waals surface area contributed by atoms with Crippen LogP contribution in [0, 0.1) is 6.92 Å². The first kappa shape index (κ1) is 16.3. The molecule has 2 aliphatic rings. The Kier molecular flexibility index (Phi) is 4.53. The van der Waals surface area contributed by atoms with E-state index < -0.39 is 0 Å². The maximum absolute atomic E-state index is 12.4. The van der Waals surface area contributed by atoms with Crippen molar-refractivity contribution in [3.63, 3.8) is 0 Å². The van der Waals surface area contributed by atoms with Gasteiger partial charge < -0.3 is 5.32 Å². The van der Waals surface area contributed by atoms with Crippen molar-refractivity contribution in [1.82, 2.24) is 9.88 Å². The first-order chi connectivity index (χ1) is 12.2. The van der Waals surface area contributed by atoms with Gasteiger partial charge in [-0.3, -0.25) is 14.7 Å². The fourth-order valence-electron chi connectivity index (χ4n) is 3.74. The van der Waals surface area contributed by atoms with E-state index in [9.17, 15) is 4.79 Å². The summed E-state index contributed by atoms with van der Waals surface area (Å²) in [5.74, 6) is -0.0998. The smallest absolute Gasteiger partial charge is 0.257 e. The Hall–Kier alpha value is -2.20. The van der Waals surface area contributed by atoms with Gasteiger partial charge in [-0.05, 0) is 68.0 Å². The molecule has 1 aromatic heterocycles. The van der Waals surface area contributed by atoms with Gasteiger partial charge in [0.2, 0.25) is 0 Å². The lowest BCUT2D eigenvalue weighted by molar-refractivity contribution is 0.102. The van der Waals surface area contributed by atoms with E-state index >= 15 is 0 Å². The number of carbonyl (C=O) groups is 1. The molecule has 4 nitrogen and oxygen atoms in total. The third-order valence-corrected chi connectivity index (χ3v) is 5.57. The maximum atomic E-state index is 12.4. The van der Waals surface area contributed by atoms with Crippen molar-refractivity contribution in [3.8, 4) is 0 Å². The molecule has 4 rings (SSSR count). The minimum absolute atomic E-state index is 0.0998. The molecule has 0 bridgehead atoms. The van der Waals surface area contributed by atoms with E-state index in [4.69, 9.17) is 0 Å². The van der Waals surface area contributed by atoms with Gasteiger partial charge >= 0.3 is 0 Å². The first-order valence-electron chi connectivity index (χ1n) is 9.29. The zero-order valence-electron chi connectivity index (χ0n) is 14.8. The molecule has 1 aliphatic heterocycles. The van der Waals surface area contributed by atoms with Gasteiger partial charge in [-0.15, -0.1) is 0 Å². The van der Waals surface area contributed by atoms with Gasteiger partial charge in [0.05, 0.1) is 5.56 Å². The highest BCUT2D eigenvalue weighted by Crippen LogP contribution is 2.28. The molecule has 0 atom stereocenters. The molecule has 0 radical (unpaired) electrons. The second-order valence-electron chi connectivity index (χ2n) is 7.25. The summed E-state index contributed by atoms with van der Waals surface area (Å²) in [5.41, 5.74) is 5.19. The molecule has 0 spiro atoms. The molecule has 0 saturated heterocycles. The molecule has 130 valence electrons. The number of aromatic nitrogens is 1. The summed E-state index contributed by atoms with van der Waals surface area (Å²) in [7, 11) is 0. The fourth-order valence-corrected chi connectivity index (χ4v) is 3.74. The summed E-state index contributed by atoms with van der Waals surface area (Å²) < 4.78 is 0. The van der Waals surface area contributed by atoms with E-state index in [1.54, 1.807) is 6.20 Å². The molecular formula is C21H25N3O. The van der Waals surface area contributed by atoms with Crippen molar-refractivity contribution in [2.45, 2.75) is 45.1 Å². The second-order valence-corrected chi connectivity index (χ2v) is 7.25. The molecular weight excluding hydrogens is 310 g/mol. The van der Waals surface area contributed by atoms with Crippen LogP contribution in [0.1, 0.15) is 46.4 Å². The maximum Gasteiger partial charge on any atom is 0.257 e. The number of nitrogens with one attached hydrogen (secondary N) is 1. The van der Waals surface area contributed by atoms with Crippen LogP contribution in [0.2, 0.25) is 0 Å². The van der Waals surface area contributed by atoms with Crippen LogP contribution in [0.15, 0.2) is 36.5 Å². The number of carbonyl (C=O) groups excluding carboxylic acids is 1. The quantitative estimate of drug-likeness (QED) is 0.932. The van der Waals surface area contributed by atoms with Crippen molar-refractivity contribution in [1.29, 1.82) is 0 Å². The van der Waals surface area contributed by atoms with Gasteiger partial charge in [0, 0.05) is 36.7 Å². The molecule has 2 heterocycles. The van der Waals surface area contributed by atoms with Gasteiger partial charge in [-0.1, -0.05) is 12.5 Å². The number of hydrogen-bond acceptors (Lipinski definition) is 3. The van der Waals surface area contributed by atoms with E-state index in [-0.39, 0.29) is 5.91 Å². The molecule has 1 aliphatic carbocycles. The van der Waals surface area contributed by atoms with Crippen LogP contribution in [0.3, 0.4) is 0 Å². The average Bonchev–Trinajstić information content (AvgIpc) is 2.77. The number of amides is 1. The summed E-state index contributed by atoms with van der Waals surface area (Å²) in [5, 5.41) is 3.01. The second kappa shape index (κ2) is 6.96. The van der Waals surface area contributed by atoms with Crippen LogP contribution in [0.4, 0.5) is 5.69 Å². The molecule has 4 heteroatoms. The van der Waals surface area contributed by atoms with Crippen LogP contribution < -0.4 is 5.32 Å². The predicted octanol–water partition coefficient (Wildman–Crippen LogP) is 3.60. The molecule has 1 amide bonds. The SMILES string of the molecule is Cc1ccc(C(=O)Nc2ccc3c(c2)CCN(C2CCC2)CC3)cn1. The third kappa shape index (κ3) is 3.59. The topological polar surface area (TPSA) is 45.2 Å². The highest BCUT2D eigenvalue weighted by atomic mass is 16.1. The van der Waals surface area contributed by atoms with Crippen molar-refractivity contribution in [2.24, 2.45) is 0 Å².